The van der Waals surface area contributed by atoms with E-state index in [1.165, 1.54) is 22.1 Å². The number of carbonyl (C=O) groups excluding carboxylic acids is 2. The number of ether oxygens (including phenoxy) is 1. The smallest absolute Gasteiger partial charge is 0.252 e. The molecule has 6 N–H and O–H groups in total. The van der Waals surface area contributed by atoms with E-state index in [-0.39, 0.29) is 30.3 Å². The second kappa shape index (κ2) is 12.0. The molecule has 0 radical (unpaired) electrons. The molecule has 5 aromatic rings. The Morgan fingerprint density at radius 2 is 1.93 bits per heavy atom. The average molecular weight is 600 g/mol. The number of hydrogen-bond donors (Lipinski definition) is 5. The topological polar surface area (TPSA) is 197 Å². The molecule has 0 spiro atoms. The summed E-state index contributed by atoms with van der Waals surface area (Å²) in [4.78, 5) is 48.8. The summed E-state index contributed by atoms with van der Waals surface area (Å²) in [6, 6.07) is 14.5. The highest BCUT2D eigenvalue weighted by atomic mass is 16.6. The Bertz CT molecular complexity index is 1810. The van der Waals surface area contributed by atoms with Crippen molar-refractivity contribution in [1.29, 1.82) is 0 Å². The maximum atomic E-state index is 13.7. The van der Waals surface area contributed by atoms with Crippen LogP contribution in [0.2, 0.25) is 0 Å². The second-order valence-corrected chi connectivity index (χ2v) is 11.0. The van der Waals surface area contributed by atoms with Gasteiger partial charge in [-0.15, -0.1) is 0 Å². The number of nitrogen functional groups attached to an aromatic ring is 1. The number of imidazole rings is 2. The van der Waals surface area contributed by atoms with Crippen molar-refractivity contribution in [3.63, 3.8) is 0 Å². The van der Waals surface area contributed by atoms with Crippen LogP contribution < -0.4 is 11.1 Å². The predicted molar refractivity (Wildman–Crippen MR) is 160 cm³/mol. The van der Waals surface area contributed by atoms with Crippen molar-refractivity contribution in [2.24, 2.45) is 0 Å². The van der Waals surface area contributed by atoms with Gasteiger partial charge in [-0.1, -0.05) is 36.4 Å². The second-order valence-electron chi connectivity index (χ2n) is 11.0. The third-order valence-electron chi connectivity index (χ3n) is 7.79. The van der Waals surface area contributed by atoms with Crippen molar-refractivity contribution in [2.45, 2.75) is 56.9 Å². The maximum Gasteiger partial charge on any atom is 0.252 e. The van der Waals surface area contributed by atoms with Crippen LogP contribution in [0.5, 0.6) is 0 Å². The molecule has 0 saturated carbocycles. The third-order valence-corrected chi connectivity index (χ3v) is 7.79. The fourth-order valence-corrected chi connectivity index (χ4v) is 5.45. The number of anilines is 1. The molecule has 44 heavy (non-hydrogen) atoms. The number of likely N-dealkylation sites (N-methyl/N-ethyl adjacent to an activating group) is 1. The molecule has 5 atom stereocenters. The van der Waals surface area contributed by atoms with Crippen LogP contribution in [0.25, 0.3) is 22.2 Å². The number of aromatic nitrogens is 6. The Hall–Kier alpha value is -4.92. The fraction of sp³-hybridized carbons (Fsp3) is 0.333. The number of fused-ring (bicyclic) bond motifs is 2. The largest absolute Gasteiger partial charge is 0.387 e. The van der Waals surface area contributed by atoms with Gasteiger partial charge in [-0.05, 0) is 43.0 Å². The molecular weight excluding hydrogens is 566 g/mol. The van der Waals surface area contributed by atoms with Crippen molar-refractivity contribution in [3.8, 4) is 0 Å². The summed E-state index contributed by atoms with van der Waals surface area (Å²) in [6.07, 6.45) is -2.34. The van der Waals surface area contributed by atoms with E-state index >= 15 is 0 Å². The monoisotopic (exact) mass is 599 g/mol. The van der Waals surface area contributed by atoms with E-state index in [9.17, 15) is 19.8 Å². The molecule has 4 heterocycles. The van der Waals surface area contributed by atoms with Gasteiger partial charge in [-0.25, -0.2) is 19.9 Å². The minimum Gasteiger partial charge on any atom is -0.387 e. The quantitative estimate of drug-likeness (QED) is 0.163. The first-order valence-electron chi connectivity index (χ1n) is 14.2. The van der Waals surface area contributed by atoms with Crippen molar-refractivity contribution >= 4 is 39.8 Å². The Labute approximate surface area is 251 Å². The first-order valence-corrected chi connectivity index (χ1v) is 14.2. The first kappa shape index (κ1) is 29.2. The normalized spacial score (nSPS) is 20.6. The Morgan fingerprint density at radius 3 is 2.73 bits per heavy atom. The highest BCUT2D eigenvalue weighted by Crippen LogP contribution is 2.32. The molecule has 3 aromatic heterocycles. The third kappa shape index (κ3) is 5.69. The van der Waals surface area contributed by atoms with Crippen LogP contribution >= 0.6 is 0 Å². The molecule has 0 bridgehead atoms. The number of benzene rings is 2. The van der Waals surface area contributed by atoms with Crippen LogP contribution in [-0.4, -0.2) is 87.8 Å². The van der Waals surface area contributed by atoms with Gasteiger partial charge in [0.05, 0.1) is 23.9 Å². The van der Waals surface area contributed by atoms with Gasteiger partial charge >= 0.3 is 0 Å². The number of aryl methyl sites for hydroxylation is 2. The molecule has 6 rings (SSSR count). The molecule has 228 valence electrons. The minimum atomic E-state index is -1.58. The van der Waals surface area contributed by atoms with Gasteiger partial charge in [0.15, 0.2) is 23.8 Å². The summed E-state index contributed by atoms with van der Waals surface area (Å²) in [5.74, 6) is -0.343. The van der Waals surface area contributed by atoms with Crippen LogP contribution in [0.1, 0.15) is 29.6 Å². The maximum absolute atomic E-state index is 13.7. The molecule has 1 saturated heterocycles. The summed E-state index contributed by atoms with van der Waals surface area (Å²) in [5.41, 5.74) is 10.2. The molecule has 2 aromatic carbocycles. The van der Waals surface area contributed by atoms with Crippen molar-refractivity contribution < 1.29 is 24.5 Å². The van der Waals surface area contributed by atoms with Gasteiger partial charge in [0, 0.05) is 7.05 Å². The van der Waals surface area contributed by atoms with Gasteiger partial charge in [0.1, 0.15) is 35.9 Å². The van der Waals surface area contributed by atoms with Crippen molar-refractivity contribution in [3.05, 3.63) is 78.1 Å². The first-order chi connectivity index (χ1) is 21.2. The number of nitrogens with one attached hydrogen (secondary N) is 2. The van der Waals surface area contributed by atoms with Gasteiger partial charge in [0.2, 0.25) is 5.91 Å². The highest BCUT2D eigenvalue weighted by Gasteiger charge is 2.48. The summed E-state index contributed by atoms with van der Waals surface area (Å²) < 4.78 is 7.24. The summed E-state index contributed by atoms with van der Waals surface area (Å²) in [7, 11) is 1.64. The fourth-order valence-electron chi connectivity index (χ4n) is 5.45. The molecule has 0 aliphatic carbocycles. The molecule has 1 aliphatic heterocycles. The molecule has 2 amide bonds. The number of hydrogen-bond acceptors (Lipinski definition) is 10. The van der Waals surface area contributed by atoms with E-state index in [4.69, 9.17) is 10.5 Å². The van der Waals surface area contributed by atoms with Gasteiger partial charge in [0.25, 0.3) is 5.91 Å². The highest BCUT2D eigenvalue weighted by molar-refractivity contribution is 5.90. The van der Waals surface area contributed by atoms with Crippen LogP contribution in [0, 0.1) is 6.92 Å². The van der Waals surface area contributed by atoms with Crippen LogP contribution in [0.15, 0.2) is 61.2 Å². The number of rotatable bonds is 9. The Kier molecular flexibility index (Phi) is 7.95. The van der Waals surface area contributed by atoms with Crippen LogP contribution in [0.3, 0.4) is 0 Å². The van der Waals surface area contributed by atoms with Crippen molar-refractivity contribution in [1.82, 2.24) is 39.7 Å². The van der Waals surface area contributed by atoms with E-state index in [2.05, 4.69) is 30.2 Å². The number of amides is 2. The standard InChI is InChI=1S/C30H33N9O5/c1-16-8-10-18-20(12-16)36-21(35-18)13-38(2)29(43)19(11-9-17-6-4-3-5-7-17)37-28(42)25-23(40)24(41)30(44-25)39-15-34-22-26(31)32-14-33-27(22)39/h3-8,10,12,14-15,19,23-25,30,40-41H,9,11,13H2,1-2H3,(H,35,36)(H,37,42)(H2,31,32,33)/t19-,23-,24+,25-,30+/m0/s1. The number of nitrogens with zero attached hydrogens (tertiary/aromatic N) is 6. The lowest BCUT2D eigenvalue weighted by Crippen LogP contribution is -2.52. The van der Waals surface area contributed by atoms with E-state index in [0.29, 0.717) is 17.8 Å². The minimum absolute atomic E-state index is 0.137. The van der Waals surface area contributed by atoms with E-state index < -0.39 is 36.5 Å². The van der Waals surface area contributed by atoms with Gasteiger partial charge in [-0.2, -0.15) is 0 Å². The van der Waals surface area contributed by atoms with Gasteiger partial charge in [-0.3, -0.25) is 14.2 Å². The zero-order chi connectivity index (χ0) is 31.0. The number of aromatic amines is 1. The lowest BCUT2D eigenvalue weighted by molar-refractivity contribution is -0.143. The zero-order valence-corrected chi connectivity index (χ0v) is 24.2. The number of carbonyl (C=O) groups is 2. The predicted octanol–water partition coefficient (Wildman–Crippen LogP) is 0.989. The number of nitrogens with two attached hydrogens (primary N) is 1. The summed E-state index contributed by atoms with van der Waals surface area (Å²) in [5, 5.41) is 24.4. The van der Waals surface area contributed by atoms with Crippen LogP contribution in [0.4, 0.5) is 5.82 Å². The lowest BCUT2D eigenvalue weighted by Gasteiger charge is -2.26. The number of aliphatic hydroxyl groups excluding tert-OH is 2. The SMILES string of the molecule is Cc1ccc2nc(CN(C)C(=O)[C@H](CCc3ccccc3)NC(=O)[C@H]3O[C@@H](n4cnc5c(N)ncnc54)[C@H](O)[C@@H]3O)[nH]c2c1. The van der Waals surface area contributed by atoms with Crippen LogP contribution in [-0.2, 0) is 27.3 Å². The van der Waals surface area contributed by atoms with E-state index in [0.717, 1.165) is 22.2 Å². The average Bonchev–Trinajstić information content (AvgIpc) is 3.71. The van der Waals surface area contributed by atoms with E-state index in [1.54, 1.807) is 7.05 Å². The number of H-pyrrole nitrogens is 1. The molecular formula is C30H33N9O5. The lowest BCUT2D eigenvalue weighted by atomic mass is 10.0. The zero-order valence-electron chi connectivity index (χ0n) is 24.2. The molecule has 1 fully saturated rings. The number of aliphatic hydroxyl groups is 2. The summed E-state index contributed by atoms with van der Waals surface area (Å²) >= 11 is 0. The molecule has 14 heteroatoms. The summed E-state index contributed by atoms with van der Waals surface area (Å²) in [6.45, 7) is 2.18. The molecule has 1 aliphatic rings. The van der Waals surface area contributed by atoms with E-state index in [1.807, 2.05) is 55.5 Å². The van der Waals surface area contributed by atoms with Gasteiger partial charge < -0.3 is 35.9 Å². The Morgan fingerprint density at radius 1 is 1.14 bits per heavy atom. The Balaban J connectivity index is 1.19. The van der Waals surface area contributed by atoms with Crippen molar-refractivity contribution in [2.75, 3.05) is 12.8 Å². The molecule has 0 unspecified atom stereocenters. The molecule has 14 nitrogen and oxygen atoms in total.